The Morgan fingerprint density at radius 3 is 2.40 bits per heavy atom. The van der Waals surface area contributed by atoms with Gasteiger partial charge in [0.25, 0.3) is 0 Å². The van der Waals surface area contributed by atoms with Gasteiger partial charge < -0.3 is 10.6 Å². The number of benzene rings is 1. The van der Waals surface area contributed by atoms with Gasteiger partial charge in [0, 0.05) is 17.6 Å². The molecule has 0 aliphatic rings. The molecule has 1 aromatic carbocycles. The van der Waals surface area contributed by atoms with Crippen molar-refractivity contribution in [2.24, 2.45) is 11.1 Å². The second-order valence-electron chi connectivity index (χ2n) is 6.53. The lowest BCUT2D eigenvalue weighted by molar-refractivity contribution is -0.137. The topological polar surface area (TPSA) is 46.3 Å². The molecule has 3 nitrogen and oxygen atoms in total. The van der Waals surface area contributed by atoms with E-state index in [0.29, 0.717) is 11.6 Å². The molecular weight excluding hydrogens is 272 g/mol. The van der Waals surface area contributed by atoms with Crippen molar-refractivity contribution in [2.75, 3.05) is 0 Å². The summed E-state index contributed by atoms with van der Waals surface area (Å²) in [7, 11) is 0. The van der Waals surface area contributed by atoms with Crippen LogP contribution in [-0.4, -0.2) is 22.9 Å². The van der Waals surface area contributed by atoms with Crippen molar-refractivity contribution in [2.45, 2.75) is 53.2 Å². The lowest BCUT2D eigenvalue weighted by atomic mass is 9.86. The molecule has 0 saturated heterocycles. The second-order valence-corrected chi connectivity index (χ2v) is 6.97. The predicted octanol–water partition coefficient (Wildman–Crippen LogP) is 3.45. The van der Waals surface area contributed by atoms with Crippen LogP contribution in [0.5, 0.6) is 0 Å². The average Bonchev–Trinajstić information content (AvgIpc) is 2.33. The molecule has 0 fully saturated rings. The molecule has 20 heavy (non-hydrogen) atoms. The van der Waals surface area contributed by atoms with Crippen molar-refractivity contribution in [1.29, 1.82) is 0 Å². The zero-order valence-corrected chi connectivity index (χ0v) is 13.7. The van der Waals surface area contributed by atoms with E-state index < -0.39 is 6.04 Å². The minimum Gasteiger partial charge on any atom is -0.335 e. The Kier molecular flexibility index (Phi) is 5.60. The van der Waals surface area contributed by atoms with Crippen molar-refractivity contribution in [3.8, 4) is 0 Å². The second kappa shape index (κ2) is 6.59. The molecule has 0 aliphatic carbocycles. The van der Waals surface area contributed by atoms with E-state index >= 15 is 0 Å². The smallest absolute Gasteiger partial charge is 0.240 e. The lowest BCUT2D eigenvalue weighted by Crippen LogP contribution is -2.52. The van der Waals surface area contributed by atoms with Gasteiger partial charge in [0.15, 0.2) is 0 Å². The molecule has 0 saturated carbocycles. The molecule has 1 atom stereocenters. The number of nitrogens with two attached hydrogens (primary N) is 1. The standard InChI is InChI=1S/C16H25ClN2O/c1-11(2)19(15(20)14(18)16(3,4)5)10-12-7-6-8-13(17)9-12/h6-9,11,14H,10,18H2,1-5H3. The molecule has 0 radical (unpaired) electrons. The van der Waals surface area contributed by atoms with E-state index in [4.69, 9.17) is 17.3 Å². The van der Waals surface area contributed by atoms with Crippen LogP contribution >= 0.6 is 11.6 Å². The van der Waals surface area contributed by atoms with Crippen molar-refractivity contribution in [1.82, 2.24) is 4.90 Å². The van der Waals surface area contributed by atoms with Gasteiger partial charge in [-0.2, -0.15) is 0 Å². The summed E-state index contributed by atoms with van der Waals surface area (Å²) in [6, 6.07) is 7.15. The molecule has 4 heteroatoms. The predicted molar refractivity (Wildman–Crippen MR) is 84.6 cm³/mol. The van der Waals surface area contributed by atoms with Gasteiger partial charge in [-0.05, 0) is 37.0 Å². The van der Waals surface area contributed by atoms with Crippen LogP contribution in [0.3, 0.4) is 0 Å². The first-order valence-corrected chi connectivity index (χ1v) is 7.31. The summed E-state index contributed by atoms with van der Waals surface area (Å²) in [6.07, 6.45) is 0. The Labute approximate surface area is 127 Å². The number of carbonyl (C=O) groups is 1. The van der Waals surface area contributed by atoms with Gasteiger partial charge in [0.05, 0.1) is 6.04 Å². The first-order chi connectivity index (χ1) is 9.12. The maximum Gasteiger partial charge on any atom is 0.240 e. The first kappa shape index (κ1) is 17.0. The molecular formula is C16H25ClN2O. The maximum atomic E-state index is 12.6. The molecule has 2 N–H and O–H groups in total. The number of nitrogens with zero attached hydrogens (tertiary/aromatic N) is 1. The molecule has 0 spiro atoms. The minimum atomic E-state index is -0.510. The van der Waals surface area contributed by atoms with Gasteiger partial charge in [-0.1, -0.05) is 44.5 Å². The summed E-state index contributed by atoms with van der Waals surface area (Å²) in [5, 5.41) is 0.679. The van der Waals surface area contributed by atoms with Crippen molar-refractivity contribution in [3.63, 3.8) is 0 Å². The highest BCUT2D eigenvalue weighted by atomic mass is 35.5. The summed E-state index contributed by atoms with van der Waals surface area (Å²) in [5.74, 6) is -0.0209. The molecule has 0 aromatic heterocycles. The third-order valence-electron chi connectivity index (χ3n) is 3.35. The van der Waals surface area contributed by atoms with E-state index in [0.717, 1.165) is 5.56 Å². The van der Waals surface area contributed by atoms with Gasteiger partial charge in [-0.3, -0.25) is 4.79 Å². The van der Waals surface area contributed by atoms with Crippen LogP contribution in [0.2, 0.25) is 5.02 Å². The van der Waals surface area contributed by atoms with Crippen LogP contribution in [0.4, 0.5) is 0 Å². The molecule has 112 valence electrons. The molecule has 1 rings (SSSR count). The molecule has 1 unspecified atom stereocenters. The monoisotopic (exact) mass is 296 g/mol. The Bertz CT molecular complexity index is 466. The highest BCUT2D eigenvalue weighted by molar-refractivity contribution is 6.30. The fourth-order valence-electron chi connectivity index (χ4n) is 1.90. The summed E-state index contributed by atoms with van der Waals surface area (Å²) < 4.78 is 0. The number of rotatable bonds is 4. The van der Waals surface area contributed by atoms with Gasteiger partial charge in [0.2, 0.25) is 5.91 Å². The van der Waals surface area contributed by atoms with E-state index in [9.17, 15) is 4.79 Å². The van der Waals surface area contributed by atoms with Crippen LogP contribution < -0.4 is 5.73 Å². The lowest BCUT2D eigenvalue weighted by Gasteiger charge is -2.34. The van der Waals surface area contributed by atoms with E-state index in [2.05, 4.69) is 0 Å². The van der Waals surface area contributed by atoms with Gasteiger partial charge >= 0.3 is 0 Å². The van der Waals surface area contributed by atoms with Gasteiger partial charge in [-0.25, -0.2) is 0 Å². The Balaban J connectivity index is 2.93. The van der Waals surface area contributed by atoms with E-state index in [1.54, 1.807) is 0 Å². The number of amides is 1. The normalized spacial score (nSPS) is 13.4. The summed E-state index contributed by atoms with van der Waals surface area (Å²) >= 11 is 5.99. The summed E-state index contributed by atoms with van der Waals surface area (Å²) in [5.41, 5.74) is 6.86. The van der Waals surface area contributed by atoms with Crippen molar-refractivity contribution >= 4 is 17.5 Å². The number of hydrogen-bond donors (Lipinski definition) is 1. The number of carbonyl (C=O) groups excluding carboxylic acids is 1. The SMILES string of the molecule is CC(C)N(Cc1cccc(Cl)c1)C(=O)C(N)C(C)(C)C. The maximum absolute atomic E-state index is 12.6. The molecule has 0 aliphatic heterocycles. The summed E-state index contributed by atoms with van der Waals surface area (Å²) in [4.78, 5) is 14.4. The van der Waals surface area contributed by atoms with Crippen LogP contribution in [0.25, 0.3) is 0 Å². The fraction of sp³-hybridized carbons (Fsp3) is 0.562. The van der Waals surface area contributed by atoms with Gasteiger partial charge in [-0.15, -0.1) is 0 Å². The highest BCUT2D eigenvalue weighted by Gasteiger charge is 2.32. The largest absolute Gasteiger partial charge is 0.335 e. The third-order valence-corrected chi connectivity index (χ3v) is 3.58. The van der Waals surface area contributed by atoms with Crippen molar-refractivity contribution in [3.05, 3.63) is 34.9 Å². The Hall–Kier alpha value is -1.06. The van der Waals surface area contributed by atoms with E-state index in [1.165, 1.54) is 0 Å². The average molecular weight is 297 g/mol. The molecule has 0 heterocycles. The van der Waals surface area contributed by atoms with E-state index in [1.807, 2.05) is 63.8 Å². The number of halogens is 1. The molecule has 1 aromatic rings. The molecule has 0 bridgehead atoms. The highest BCUT2D eigenvalue weighted by Crippen LogP contribution is 2.21. The summed E-state index contributed by atoms with van der Waals surface area (Å²) in [6.45, 7) is 10.5. The minimum absolute atomic E-state index is 0.0209. The van der Waals surface area contributed by atoms with Crippen LogP contribution in [0, 0.1) is 5.41 Å². The zero-order chi connectivity index (χ0) is 15.5. The fourth-order valence-corrected chi connectivity index (χ4v) is 2.11. The first-order valence-electron chi connectivity index (χ1n) is 6.93. The quantitative estimate of drug-likeness (QED) is 0.925. The number of hydrogen-bond acceptors (Lipinski definition) is 2. The van der Waals surface area contributed by atoms with Gasteiger partial charge in [0.1, 0.15) is 0 Å². The van der Waals surface area contributed by atoms with Crippen LogP contribution in [0.15, 0.2) is 24.3 Å². The van der Waals surface area contributed by atoms with E-state index in [-0.39, 0.29) is 17.4 Å². The zero-order valence-electron chi connectivity index (χ0n) is 13.0. The van der Waals surface area contributed by atoms with Crippen LogP contribution in [-0.2, 0) is 11.3 Å². The molecule has 1 amide bonds. The Morgan fingerprint density at radius 1 is 1.35 bits per heavy atom. The Morgan fingerprint density at radius 2 is 1.95 bits per heavy atom. The third kappa shape index (κ3) is 4.50. The van der Waals surface area contributed by atoms with Crippen LogP contribution in [0.1, 0.15) is 40.2 Å². The van der Waals surface area contributed by atoms with Crippen molar-refractivity contribution < 1.29 is 4.79 Å².